The van der Waals surface area contributed by atoms with Crippen molar-refractivity contribution in [2.75, 3.05) is 10.6 Å². The van der Waals surface area contributed by atoms with E-state index in [1.807, 2.05) is 12.1 Å². The van der Waals surface area contributed by atoms with Crippen LogP contribution < -0.4 is 10.6 Å². The van der Waals surface area contributed by atoms with E-state index in [9.17, 15) is 0 Å². The Morgan fingerprint density at radius 1 is 1.36 bits per heavy atom. The lowest BCUT2D eigenvalue weighted by Gasteiger charge is -2.14. The van der Waals surface area contributed by atoms with Crippen LogP contribution in [0.25, 0.3) is 0 Å². The van der Waals surface area contributed by atoms with Crippen LogP contribution in [0.15, 0.2) is 36.5 Å². The standard InChI is InChI=1S/C12H16N2/c1-3-10-8-9(2)13-11-6-4-5-7-12(11)14-10/h4-7,10,13-14H,2-3,8H2,1H3/t10-/m1/s1. The minimum atomic E-state index is 0.499. The van der Waals surface area contributed by atoms with Gasteiger partial charge in [0.05, 0.1) is 11.4 Å². The Balaban J connectivity index is 2.32. The van der Waals surface area contributed by atoms with E-state index in [0.29, 0.717) is 6.04 Å². The van der Waals surface area contributed by atoms with Crippen molar-refractivity contribution in [2.45, 2.75) is 25.8 Å². The third-order valence-corrected chi connectivity index (χ3v) is 2.58. The SMILES string of the molecule is C=C1C[C@@H](CC)Nc2ccccc2N1. The van der Waals surface area contributed by atoms with Gasteiger partial charge in [0.25, 0.3) is 0 Å². The summed E-state index contributed by atoms with van der Waals surface area (Å²) in [4.78, 5) is 0. The molecule has 0 fully saturated rings. The average molecular weight is 188 g/mol. The van der Waals surface area contributed by atoms with Crippen LogP contribution in [0.4, 0.5) is 11.4 Å². The van der Waals surface area contributed by atoms with Crippen molar-refractivity contribution in [1.29, 1.82) is 0 Å². The molecule has 0 aliphatic carbocycles. The summed E-state index contributed by atoms with van der Waals surface area (Å²) in [7, 11) is 0. The van der Waals surface area contributed by atoms with Gasteiger partial charge in [0.2, 0.25) is 0 Å². The summed E-state index contributed by atoms with van der Waals surface area (Å²) in [5.74, 6) is 0. The van der Waals surface area contributed by atoms with Crippen LogP contribution in [0.5, 0.6) is 0 Å². The van der Waals surface area contributed by atoms with Gasteiger partial charge >= 0.3 is 0 Å². The Morgan fingerprint density at radius 2 is 2.07 bits per heavy atom. The molecular weight excluding hydrogens is 172 g/mol. The first kappa shape index (κ1) is 9.13. The quantitative estimate of drug-likeness (QED) is 0.707. The Bertz CT molecular complexity index is 344. The van der Waals surface area contributed by atoms with Gasteiger partial charge in [0.15, 0.2) is 0 Å². The normalized spacial score (nSPS) is 20.4. The number of para-hydroxylation sites is 2. The number of nitrogens with one attached hydrogen (secondary N) is 2. The minimum absolute atomic E-state index is 0.499. The molecule has 0 spiro atoms. The molecule has 0 amide bonds. The van der Waals surface area contributed by atoms with Gasteiger partial charge in [-0.05, 0) is 18.6 Å². The van der Waals surface area contributed by atoms with E-state index in [1.165, 1.54) is 5.69 Å². The van der Waals surface area contributed by atoms with Crippen LogP contribution in [0.1, 0.15) is 19.8 Å². The molecule has 0 bridgehead atoms. The fraction of sp³-hybridized carbons (Fsp3) is 0.333. The van der Waals surface area contributed by atoms with Crippen LogP contribution in [0, 0.1) is 0 Å². The number of rotatable bonds is 1. The lowest BCUT2D eigenvalue weighted by molar-refractivity contribution is 0.695. The molecule has 1 atom stereocenters. The fourth-order valence-electron chi connectivity index (χ4n) is 1.77. The molecule has 1 aromatic rings. The van der Waals surface area contributed by atoms with Gasteiger partial charge in [-0.15, -0.1) is 0 Å². The van der Waals surface area contributed by atoms with Crippen molar-refractivity contribution in [2.24, 2.45) is 0 Å². The number of hydrogen-bond acceptors (Lipinski definition) is 2. The van der Waals surface area contributed by atoms with Crippen molar-refractivity contribution in [3.63, 3.8) is 0 Å². The van der Waals surface area contributed by atoms with Crippen LogP contribution in [0.2, 0.25) is 0 Å². The monoisotopic (exact) mass is 188 g/mol. The summed E-state index contributed by atoms with van der Waals surface area (Å²) in [6.07, 6.45) is 2.11. The molecule has 0 radical (unpaired) electrons. The summed E-state index contributed by atoms with van der Waals surface area (Å²) >= 11 is 0. The first-order valence-corrected chi connectivity index (χ1v) is 5.10. The Morgan fingerprint density at radius 3 is 2.79 bits per heavy atom. The van der Waals surface area contributed by atoms with E-state index in [0.717, 1.165) is 24.2 Å². The largest absolute Gasteiger partial charge is 0.380 e. The molecule has 1 aliphatic rings. The van der Waals surface area contributed by atoms with Crippen molar-refractivity contribution in [3.05, 3.63) is 36.5 Å². The molecule has 2 heteroatoms. The first-order valence-electron chi connectivity index (χ1n) is 5.10. The average Bonchev–Trinajstić information content (AvgIpc) is 2.35. The van der Waals surface area contributed by atoms with E-state index >= 15 is 0 Å². The van der Waals surface area contributed by atoms with E-state index in [-0.39, 0.29) is 0 Å². The smallest absolute Gasteiger partial charge is 0.0617 e. The second kappa shape index (κ2) is 3.74. The zero-order valence-corrected chi connectivity index (χ0v) is 8.51. The van der Waals surface area contributed by atoms with Gasteiger partial charge in [0.1, 0.15) is 0 Å². The zero-order chi connectivity index (χ0) is 9.97. The van der Waals surface area contributed by atoms with E-state index in [1.54, 1.807) is 0 Å². The van der Waals surface area contributed by atoms with Crippen LogP contribution in [-0.2, 0) is 0 Å². The third-order valence-electron chi connectivity index (χ3n) is 2.58. The predicted molar refractivity (Wildman–Crippen MR) is 61.5 cm³/mol. The minimum Gasteiger partial charge on any atom is -0.380 e. The summed E-state index contributed by atoms with van der Waals surface area (Å²) in [6, 6.07) is 8.76. The van der Waals surface area contributed by atoms with E-state index in [2.05, 4.69) is 36.3 Å². The van der Waals surface area contributed by atoms with Gasteiger partial charge in [-0.3, -0.25) is 0 Å². The lowest BCUT2D eigenvalue weighted by atomic mass is 10.1. The highest BCUT2D eigenvalue weighted by atomic mass is 15.0. The molecular formula is C12H16N2. The maximum atomic E-state index is 4.02. The Labute approximate surface area is 85.0 Å². The van der Waals surface area contributed by atoms with Crippen molar-refractivity contribution in [1.82, 2.24) is 0 Å². The molecule has 0 saturated carbocycles. The molecule has 2 nitrogen and oxygen atoms in total. The first-order chi connectivity index (χ1) is 6.79. The van der Waals surface area contributed by atoms with Gasteiger partial charge in [-0.1, -0.05) is 25.6 Å². The molecule has 1 aromatic carbocycles. The van der Waals surface area contributed by atoms with Crippen LogP contribution in [0.3, 0.4) is 0 Å². The second-order valence-electron chi connectivity index (χ2n) is 3.73. The Kier molecular flexibility index (Phi) is 2.44. The van der Waals surface area contributed by atoms with Gasteiger partial charge in [0, 0.05) is 18.2 Å². The zero-order valence-electron chi connectivity index (χ0n) is 8.51. The highest BCUT2D eigenvalue weighted by Crippen LogP contribution is 2.28. The summed E-state index contributed by atoms with van der Waals surface area (Å²) in [5, 5.41) is 6.85. The molecule has 0 saturated heterocycles. The fourth-order valence-corrected chi connectivity index (χ4v) is 1.77. The molecule has 14 heavy (non-hydrogen) atoms. The summed E-state index contributed by atoms with van der Waals surface area (Å²) in [5.41, 5.74) is 3.40. The number of fused-ring (bicyclic) bond motifs is 1. The van der Waals surface area contributed by atoms with Crippen molar-refractivity contribution < 1.29 is 0 Å². The highest BCUT2D eigenvalue weighted by Gasteiger charge is 2.14. The Hall–Kier alpha value is -1.44. The molecule has 2 rings (SSSR count). The van der Waals surface area contributed by atoms with Gasteiger partial charge in [-0.2, -0.15) is 0 Å². The maximum absolute atomic E-state index is 4.02. The second-order valence-corrected chi connectivity index (χ2v) is 3.73. The third kappa shape index (κ3) is 1.74. The lowest BCUT2D eigenvalue weighted by Crippen LogP contribution is -2.17. The number of benzene rings is 1. The topological polar surface area (TPSA) is 24.1 Å². The molecule has 0 unspecified atom stereocenters. The van der Waals surface area contributed by atoms with E-state index in [4.69, 9.17) is 0 Å². The van der Waals surface area contributed by atoms with Crippen molar-refractivity contribution >= 4 is 11.4 Å². The molecule has 74 valence electrons. The van der Waals surface area contributed by atoms with Gasteiger partial charge in [-0.25, -0.2) is 0 Å². The molecule has 2 N–H and O–H groups in total. The highest BCUT2D eigenvalue weighted by molar-refractivity contribution is 5.71. The summed E-state index contributed by atoms with van der Waals surface area (Å²) in [6.45, 7) is 6.21. The molecule has 0 aromatic heterocycles. The van der Waals surface area contributed by atoms with E-state index < -0.39 is 0 Å². The van der Waals surface area contributed by atoms with Gasteiger partial charge < -0.3 is 10.6 Å². The predicted octanol–water partition coefficient (Wildman–Crippen LogP) is 3.21. The van der Waals surface area contributed by atoms with Crippen LogP contribution >= 0.6 is 0 Å². The van der Waals surface area contributed by atoms with Crippen LogP contribution in [-0.4, -0.2) is 6.04 Å². The molecule has 1 aliphatic heterocycles. The summed E-state index contributed by atoms with van der Waals surface area (Å²) < 4.78 is 0. The van der Waals surface area contributed by atoms with Crippen molar-refractivity contribution in [3.8, 4) is 0 Å². The number of anilines is 2. The maximum Gasteiger partial charge on any atom is 0.0617 e. The molecule has 1 heterocycles. The number of hydrogen-bond donors (Lipinski definition) is 2.